The van der Waals surface area contributed by atoms with Crippen LogP contribution < -0.4 is 14.5 Å². The number of anilines is 2. The average Bonchev–Trinajstić information content (AvgIpc) is 3.38. The second-order valence-electron chi connectivity index (χ2n) is 14.8. The van der Waals surface area contributed by atoms with Crippen molar-refractivity contribution < 1.29 is 13.9 Å². The fourth-order valence-corrected chi connectivity index (χ4v) is 8.84. The van der Waals surface area contributed by atoms with Gasteiger partial charge in [-0.05, 0) is 107 Å². The molecule has 4 aliphatic rings. The number of aromatic nitrogens is 2. The maximum atomic E-state index is 14.1. The lowest BCUT2D eigenvalue weighted by molar-refractivity contribution is -0.131. The number of likely N-dealkylation sites (tertiary alicyclic amines) is 1. The molecule has 1 aliphatic carbocycles. The van der Waals surface area contributed by atoms with Crippen molar-refractivity contribution in [1.82, 2.24) is 19.8 Å². The number of aryl methyl sites for hydroxylation is 3. The Hall–Kier alpha value is -4.49. The predicted molar refractivity (Wildman–Crippen MR) is 199 cm³/mol. The van der Waals surface area contributed by atoms with Gasteiger partial charge in [-0.15, -0.1) is 0 Å². The third-order valence-corrected chi connectivity index (χ3v) is 11.6. The number of hydrogen-bond acceptors (Lipinski definition) is 8. The molecular formula is C41H50FN7O2. The number of benzene rings is 1. The van der Waals surface area contributed by atoms with Crippen molar-refractivity contribution >= 4 is 17.4 Å². The highest BCUT2D eigenvalue weighted by Gasteiger charge is 2.37. The number of nitrogens with zero attached hydrogens (tertiary/aromatic N) is 7. The van der Waals surface area contributed by atoms with Crippen LogP contribution in [0.25, 0.3) is 11.1 Å². The van der Waals surface area contributed by atoms with E-state index in [-0.39, 0.29) is 13.0 Å². The van der Waals surface area contributed by atoms with E-state index in [2.05, 4.69) is 72.5 Å². The van der Waals surface area contributed by atoms with Gasteiger partial charge in [0.15, 0.2) is 5.83 Å². The van der Waals surface area contributed by atoms with Gasteiger partial charge in [-0.1, -0.05) is 25.1 Å². The monoisotopic (exact) mass is 691 g/mol. The zero-order chi connectivity index (χ0) is 35.6. The Morgan fingerprint density at radius 1 is 0.980 bits per heavy atom. The number of hydrogen-bond donors (Lipinski definition) is 0. The summed E-state index contributed by atoms with van der Waals surface area (Å²) >= 11 is 0. The van der Waals surface area contributed by atoms with Gasteiger partial charge in [-0.25, -0.2) is 4.39 Å². The van der Waals surface area contributed by atoms with Gasteiger partial charge in [-0.2, -0.15) is 10.2 Å². The van der Waals surface area contributed by atoms with Gasteiger partial charge in [0.25, 0.3) is 5.91 Å². The van der Waals surface area contributed by atoms with E-state index in [1.165, 1.54) is 52.1 Å². The van der Waals surface area contributed by atoms with Crippen LogP contribution >= 0.6 is 0 Å². The summed E-state index contributed by atoms with van der Waals surface area (Å²) in [6, 6.07) is 10.9. The number of likely N-dealkylation sites (N-methyl/N-ethyl adjacent to an activating group) is 1. The Kier molecular flexibility index (Phi) is 10.3. The van der Waals surface area contributed by atoms with E-state index in [0.717, 1.165) is 73.4 Å². The Balaban J connectivity index is 1.37. The number of rotatable bonds is 8. The molecule has 9 nitrogen and oxygen atoms in total. The van der Waals surface area contributed by atoms with E-state index in [0.29, 0.717) is 38.2 Å². The Labute approximate surface area is 301 Å². The van der Waals surface area contributed by atoms with E-state index in [9.17, 15) is 14.4 Å². The first-order valence-corrected chi connectivity index (χ1v) is 18.7. The minimum absolute atomic E-state index is 0.0914. The number of piperazine rings is 1. The molecule has 2 aromatic heterocycles. The van der Waals surface area contributed by atoms with Gasteiger partial charge in [0.1, 0.15) is 12.4 Å². The lowest BCUT2D eigenvalue weighted by Crippen LogP contribution is -2.55. The molecule has 268 valence electrons. The zero-order valence-corrected chi connectivity index (χ0v) is 30.4. The molecule has 0 radical (unpaired) electrons. The summed E-state index contributed by atoms with van der Waals surface area (Å²) in [6.07, 6.45) is 10.9. The summed E-state index contributed by atoms with van der Waals surface area (Å²) in [5.74, 6) is -0.308. The lowest BCUT2D eigenvalue weighted by Gasteiger charge is -2.43. The van der Waals surface area contributed by atoms with Crippen LogP contribution in [0.3, 0.4) is 0 Å². The molecule has 2 fully saturated rings. The van der Waals surface area contributed by atoms with Crippen LogP contribution in [0.5, 0.6) is 5.88 Å². The van der Waals surface area contributed by atoms with E-state index < -0.39 is 17.8 Å². The van der Waals surface area contributed by atoms with Crippen molar-refractivity contribution in [3.8, 4) is 23.1 Å². The van der Waals surface area contributed by atoms with Gasteiger partial charge in [0.2, 0.25) is 5.88 Å². The first-order valence-electron chi connectivity index (χ1n) is 18.7. The summed E-state index contributed by atoms with van der Waals surface area (Å²) in [4.78, 5) is 31.5. The van der Waals surface area contributed by atoms with Crippen molar-refractivity contribution in [1.29, 1.82) is 5.26 Å². The van der Waals surface area contributed by atoms with Crippen LogP contribution in [0.2, 0.25) is 0 Å². The summed E-state index contributed by atoms with van der Waals surface area (Å²) in [5.41, 5.74) is 10.8. The molecule has 0 spiro atoms. The number of pyridine rings is 2. The number of ether oxygens (including phenoxy) is 1. The first kappa shape index (κ1) is 34.9. The van der Waals surface area contributed by atoms with E-state index in [1.54, 1.807) is 0 Å². The number of fused-ring (bicyclic) bond motifs is 2. The summed E-state index contributed by atoms with van der Waals surface area (Å²) in [7, 11) is 2.16. The number of amides is 1. The topological polar surface area (TPSA) is 88.8 Å². The SMILES string of the molecule is C=C(F)C(=O)N1CCN(c2nc(OC[C@@H]3CCCN3C)c(-c3c(C)ccnc3C)c3c2CCN(c2cccc4c2CCCCC4)C3)C[C@@H]1CC#N. The average molecular weight is 692 g/mol. The van der Waals surface area contributed by atoms with Crippen LogP contribution in [-0.4, -0.2) is 84.1 Å². The number of carbonyl (C=O) groups excluding carboxylic acids is 1. The summed E-state index contributed by atoms with van der Waals surface area (Å²) < 4.78 is 20.9. The van der Waals surface area contributed by atoms with Crippen LogP contribution in [0.4, 0.5) is 15.9 Å². The van der Waals surface area contributed by atoms with Crippen molar-refractivity contribution in [3.05, 3.63) is 76.4 Å². The highest BCUT2D eigenvalue weighted by Crippen LogP contribution is 2.45. The molecule has 2 saturated heterocycles. The normalized spacial score (nSPS) is 20.7. The number of halogens is 1. The summed E-state index contributed by atoms with van der Waals surface area (Å²) in [5, 5.41) is 9.72. The van der Waals surface area contributed by atoms with Gasteiger partial charge in [0.05, 0.1) is 24.1 Å². The Bertz CT molecular complexity index is 1830. The molecule has 51 heavy (non-hydrogen) atoms. The van der Waals surface area contributed by atoms with E-state index in [1.807, 2.05) is 6.20 Å². The molecule has 0 bridgehead atoms. The second-order valence-corrected chi connectivity index (χ2v) is 14.8. The molecule has 10 heteroatoms. The maximum Gasteiger partial charge on any atom is 0.282 e. The molecule has 1 amide bonds. The molecule has 0 unspecified atom stereocenters. The largest absolute Gasteiger partial charge is 0.475 e. The minimum atomic E-state index is -1.00. The molecule has 5 heterocycles. The molecule has 2 atom stereocenters. The maximum absolute atomic E-state index is 14.1. The molecule has 0 saturated carbocycles. The smallest absolute Gasteiger partial charge is 0.282 e. The van der Waals surface area contributed by atoms with E-state index >= 15 is 0 Å². The van der Waals surface area contributed by atoms with E-state index in [4.69, 9.17) is 14.7 Å². The lowest BCUT2D eigenvalue weighted by atomic mass is 9.88. The third-order valence-electron chi connectivity index (χ3n) is 11.6. The molecular weight excluding hydrogens is 641 g/mol. The van der Waals surface area contributed by atoms with Gasteiger partial charge >= 0.3 is 0 Å². The van der Waals surface area contributed by atoms with Gasteiger partial charge in [-0.3, -0.25) is 9.78 Å². The molecule has 3 aromatic rings. The predicted octanol–water partition coefficient (Wildman–Crippen LogP) is 6.48. The number of carbonyl (C=O) groups is 1. The minimum Gasteiger partial charge on any atom is -0.475 e. The molecule has 3 aliphatic heterocycles. The highest BCUT2D eigenvalue weighted by molar-refractivity contribution is 5.91. The molecule has 7 rings (SSSR count). The molecule has 0 N–H and O–H groups in total. The van der Waals surface area contributed by atoms with Crippen molar-refractivity contribution in [2.45, 2.75) is 90.3 Å². The second kappa shape index (κ2) is 15.0. The van der Waals surface area contributed by atoms with Crippen molar-refractivity contribution in [2.75, 3.05) is 56.2 Å². The fraction of sp³-hybridized carbons (Fsp3) is 0.512. The van der Waals surface area contributed by atoms with Crippen LogP contribution in [-0.2, 0) is 30.6 Å². The number of nitriles is 1. The highest BCUT2D eigenvalue weighted by atomic mass is 19.1. The van der Waals surface area contributed by atoms with Crippen LogP contribution in [0.15, 0.2) is 42.9 Å². The summed E-state index contributed by atoms with van der Waals surface area (Å²) in [6.45, 7) is 11.7. The van der Waals surface area contributed by atoms with Crippen LogP contribution in [0, 0.1) is 25.2 Å². The Morgan fingerprint density at radius 2 is 1.82 bits per heavy atom. The Morgan fingerprint density at radius 3 is 2.59 bits per heavy atom. The fourth-order valence-electron chi connectivity index (χ4n) is 8.84. The van der Waals surface area contributed by atoms with Crippen LogP contribution in [0.1, 0.15) is 72.0 Å². The molecule has 1 aromatic carbocycles. The standard InChI is InChI=1S/C41H50FN7O2/c1-27-16-19-44-29(3)37(27)38-35-25-47(36-14-8-11-30-10-6-5-7-13-33(30)36)21-17-34(35)39(45-40(38)51-26-32-12-9-20-46(32)4)48-22-23-49(41(50)28(2)42)31(24-48)15-18-43/h8,11,14,16,19,31-32H,2,5-7,9-10,12-13,15,17,20-26H2,1,3-4H3/t31-,32-/m0/s1. The first-order chi connectivity index (χ1) is 24.7. The zero-order valence-electron chi connectivity index (χ0n) is 30.4. The quantitative estimate of drug-likeness (QED) is 0.196. The van der Waals surface area contributed by atoms with Gasteiger partial charge in [0, 0.05) is 67.5 Å². The van der Waals surface area contributed by atoms with Crippen molar-refractivity contribution in [2.24, 2.45) is 0 Å². The van der Waals surface area contributed by atoms with Crippen molar-refractivity contribution in [3.63, 3.8) is 0 Å². The van der Waals surface area contributed by atoms with Gasteiger partial charge < -0.3 is 24.3 Å². The third kappa shape index (κ3) is 6.93.